The third-order valence-corrected chi connectivity index (χ3v) is 4.46. The van der Waals surface area contributed by atoms with Crippen LogP contribution >= 0.6 is 0 Å². The van der Waals surface area contributed by atoms with Gasteiger partial charge in [0.05, 0.1) is 5.92 Å². The third-order valence-electron chi connectivity index (χ3n) is 4.46. The minimum Gasteiger partial charge on any atom is -0.457 e. The third kappa shape index (κ3) is 3.30. The van der Waals surface area contributed by atoms with E-state index in [1.54, 1.807) is 0 Å². The summed E-state index contributed by atoms with van der Waals surface area (Å²) in [6.45, 7) is 2.76. The molecule has 3 rings (SSSR count). The lowest BCUT2D eigenvalue weighted by Crippen LogP contribution is -2.28. The largest absolute Gasteiger partial charge is 0.457 e. The maximum atomic E-state index is 12.5. The lowest BCUT2D eigenvalue weighted by Gasteiger charge is -2.23. The van der Waals surface area contributed by atoms with Gasteiger partial charge in [0.15, 0.2) is 0 Å². The SMILES string of the molecule is Cc1ccc([C@H]2OC(=O)[C@@H](CN(C)C)[C@H]2c2ccccc2)cc1. The number of ether oxygens (including phenoxy) is 1. The number of hydrogen-bond acceptors (Lipinski definition) is 3. The quantitative estimate of drug-likeness (QED) is 0.809. The summed E-state index contributed by atoms with van der Waals surface area (Å²) in [4.78, 5) is 14.6. The number of nitrogens with zero attached hydrogens (tertiary/aromatic N) is 1. The van der Waals surface area contributed by atoms with Gasteiger partial charge < -0.3 is 9.64 Å². The average Bonchev–Trinajstić information content (AvgIpc) is 2.85. The minimum atomic E-state index is -0.213. The summed E-state index contributed by atoms with van der Waals surface area (Å²) in [5.74, 6) is -0.189. The van der Waals surface area contributed by atoms with E-state index >= 15 is 0 Å². The maximum Gasteiger partial charge on any atom is 0.311 e. The van der Waals surface area contributed by atoms with Crippen molar-refractivity contribution in [2.45, 2.75) is 18.9 Å². The van der Waals surface area contributed by atoms with Gasteiger partial charge in [-0.1, -0.05) is 60.2 Å². The van der Waals surface area contributed by atoms with Crippen LogP contribution in [0.2, 0.25) is 0 Å². The summed E-state index contributed by atoms with van der Waals surface area (Å²) >= 11 is 0. The highest BCUT2D eigenvalue weighted by Crippen LogP contribution is 2.46. The molecule has 0 unspecified atom stereocenters. The lowest BCUT2D eigenvalue weighted by molar-refractivity contribution is -0.144. The number of rotatable bonds is 4. The van der Waals surface area contributed by atoms with Crippen molar-refractivity contribution in [2.75, 3.05) is 20.6 Å². The molecule has 3 nitrogen and oxygen atoms in total. The standard InChI is InChI=1S/C20H23NO2/c1-14-9-11-16(12-10-14)19-18(15-7-5-4-6-8-15)17(13-21(2)3)20(22)23-19/h4-12,17-19H,13H2,1-3H3/t17-,18+,19+/m0/s1. The highest BCUT2D eigenvalue weighted by molar-refractivity contribution is 5.77. The zero-order valence-corrected chi connectivity index (χ0v) is 13.9. The first-order chi connectivity index (χ1) is 11.1. The van der Waals surface area contributed by atoms with Gasteiger partial charge in [-0.25, -0.2) is 0 Å². The number of esters is 1. The molecule has 0 spiro atoms. The van der Waals surface area contributed by atoms with Crippen molar-refractivity contribution in [1.82, 2.24) is 4.90 Å². The molecule has 1 fully saturated rings. The van der Waals surface area contributed by atoms with Gasteiger partial charge in [-0.3, -0.25) is 4.79 Å². The molecule has 1 heterocycles. The van der Waals surface area contributed by atoms with E-state index in [0.29, 0.717) is 6.54 Å². The van der Waals surface area contributed by atoms with Gasteiger partial charge in [-0.05, 0) is 32.1 Å². The van der Waals surface area contributed by atoms with Crippen molar-refractivity contribution in [3.05, 3.63) is 71.3 Å². The van der Waals surface area contributed by atoms with E-state index in [2.05, 4.69) is 48.2 Å². The molecule has 0 aromatic heterocycles. The molecule has 3 atom stereocenters. The molecule has 1 aliphatic rings. The van der Waals surface area contributed by atoms with E-state index in [0.717, 1.165) is 11.1 Å². The Balaban J connectivity index is 2.00. The van der Waals surface area contributed by atoms with Gasteiger partial charge in [0.1, 0.15) is 6.10 Å². The van der Waals surface area contributed by atoms with E-state index < -0.39 is 0 Å². The molecular formula is C20H23NO2. The molecule has 23 heavy (non-hydrogen) atoms. The smallest absolute Gasteiger partial charge is 0.311 e. The fraction of sp³-hybridized carbons (Fsp3) is 0.350. The first-order valence-electron chi connectivity index (χ1n) is 8.03. The van der Waals surface area contributed by atoms with Crippen molar-refractivity contribution < 1.29 is 9.53 Å². The Hall–Kier alpha value is -2.13. The molecule has 0 N–H and O–H groups in total. The molecule has 0 saturated carbocycles. The van der Waals surface area contributed by atoms with Gasteiger partial charge in [0.2, 0.25) is 0 Å². The van der Waals surface area contributed by atoms with Crippen LogP contribution in [-0.2, 0) is 9.53 Å². The molecule has 0 radical (unpaired) electrons. The van der Waals surface area contributed by atoms with Crippen LogP contribution in [-0.4, -0.2) is 31.5 Å². The highest BCUT2D eigenvalue weighted by atomic mass is 16.6. The van der Waals surface area contributed by atoms with Crippen molar-refractivity contribution in [1.29, 1.82) is 0 Å². The molecule has 1 saturated heterocycles. The summed E-state index contributed by atoms with van der Waals surface area (Å²) in [6, 6.07) is 18.5. The number of carbonyl (C=O) groups excluding carboxylic acids is 1. The van der Waals surface area contributed by atoms with Gasteiger partial charge in [0, 0.05) is 12.5 Å². The van der Waals surface area contributed by atoms with Crippen LogP contribution in [0.15, 0.2) is 54.6 Å². The predicted molar refractivity (Wildman–Crippen MR) is 91.2 cm³/mol. The number of carbonyl (C=O) groups is 1. The van der Waals surface area contributed by atoms with Crippen LogP contribution in [0.4, 0.5) is 0 Å². The summed E-state index contributed by atoms with van der Waals surface area (Å²) in [7, 11) is 3.99. The molecule has 120 valence electrons. The molecule has 0 amide bonds. The van der Waals surface area contributed by atoms with E-state index in [4.69, 9.17) is 4.74 Å². The Morgan fingerprint density at radius 3 is 2.22 bits per heavy atom. The normalized spacial score (nSPS) is 24.0. The van der Waals surface area contributed by atoms with Gasteiger partial charge in [-0.15, -0.1) is 0 Å². The molecular weight excluding hydrogens is 286 g/mol. The van der Waals surface area contributed by atoms with Gasteiger partial charge in [0.25, 0.3) is 0 Å². The Labute approximate surface area is 137 Å². The molecule has 1 aliphatic heterocycles. The average molecular weight is 309 g/mol. The first-order valence-corrected chi connectivity index (χ1v) is 8.03. The Morgan fingerprint density at radius 1 is 0.957 bits per heavy atom. The fourth-order valence-corrected chi connectivity index (χ4v) is 3.34. The first kappa shape index (κ1) is 15.8. The number of aryl methyl sites for hydroxylation is 1. The lowest BCUT2D eigenvalue weighted by atomic mass is 9.81. The second kappa shape index (κ2) is 6.55. The minimum absolute atomic E-state index is 0.0498. The number of cyclic esters (lactones) is 1. The van der Waals surface area contributed by atoms with Crippen LogP contribution in [0.3, 0.4) is 0 Å². The highest BCUT2D eigenvalue weighted by Gasteiger charge is 2.46. The zero-order chi connectivity index (χ0) is 16.4. The second-order valence-corrected chi connectivity index (χ2v) is 6.57. The van der Waals surface area contributed by atoms with E-state index in [1.165, 1.54) is 5.56 Å². The summed E-state index contributed by atoms with van der Waals surface area (Å²) in [6.07, 6.45) is -0.213. The summed E-state index contributed by atoms with van der Waals surface area (Å²) in [5, 5.41) is 0. The van der Waals surface area contributed by atoms with Crippen molar-refractivity contribution in [2.24, 2.45) is 5.92 Å². The monoisotopic (exact) mass is 309 g/mol. The summed E-state index contributed by atoms with van der Waals surface area (Å²) in [5.41, 5.74) is 3.44. The van der Waals surface area contributed by atoms with Crippen LogP contribution in [0.1, 0.15) is 28.7 Å². The van der Waals surface area contributed by atoms with E-state index in [1.807, 2.05) is 32.3 Å². The second-order valence-electron chi connectivity index (χ2n) is 6.57. The van der Waals surface area contributed by atoms with Crippen molar-refractivity contribution in [3.63, 3.8) is 0 Å². The molecule has 0 bridgehead atoms. The van der Waals surface area contributed by atoms with Crippen LogP contribution in [0.25, 0.3) is 0 Å². The van der Waals surface area contributed by atoms with Crippen molar-refractivity contribution >= 4 is 5.97 Å². The van der Waals surface area contributed by atoms with Gasteiger partial charge in [-0.2, -0.15) is 0 Å². The van der Waals surface area contributed by atoms with Crippen molar-refractivity contribution in [3.8, 4) is 0 Å². The Bertz CT molecular complexity index is 664. The molecule has 2 aromatic rings. The van der Waals surface area contributed by atoms with Crippen LogP contribution in [0, 0.1) is 12.8 Å². The Morgan fingerprint density at radius 2 is 1.61 bits per heavy atom. The predicted octanol–water partition coefficient (Wildman–Crippen LogP) is 3.55. The molecule has 3 heteroatoms. The number of benzene rings is 2. The fourth-order valence-electron chi connectivity index (χ4n) is 3.34. The van der Waals surface area contributed by atoms with E-state index in [9.17, 15) is 4.79 Å². The van der Waals surface area contributed by atoms with Crippen LogP contribution in [0.5, 0.6) is 0 Å². The Kier molecular flexibility index (Phi) is 4.49. The molecule has 2 aromatic carbocycles. The maximum absolute atomic E-state index is 12.5. The summed E-state index contributed by atoms with van der Waals surface area (Å²) < 4.78 is 5.80. The molecule has 0 aliphatic carbocycles. The topological polar surface area (TPSA) is 29.5 Å². The number of hydrogen-bond donors (Lipinski definition) is 0. The zero-order valence-electron chi connectivity index (χ0n) is 13.9. The van der Waals surface area contributed by atoms with E-state index in [-0.39, 0.29) is 23.9 Å². The van der Waals surface area contributed by atoms with Gasteiger partial charge >= 0.3 is 5.97 Å². The van der Waals surface area contributed by atoms with Crippen LogP contribution < -0.4 is 0 Å².